The van der Waals surface area contributed by atoms with Crippen LogP contribution in [0.4, 0.5) is 11.4 Å². The fraction of sp³-hybridized carbons (Fsp3) is 0.227. The Morgan fingerprint density at radius 2 is 2.00 bits per heavy atom. The summed E-state index contributed by atoms with van der Waals surface area (Å²) in [7, 11) is 0. The number of para-hydroxylation sites is 2. The molecule has 0 fully saturated rings. The molecule has 0 unspecified atom stereocenters. The number of aryl methyl sites for hydroxylation is 1. The third-order valence-corrected chi connectivity index (χ3v) is 4.80. The van der Waals surface area contributed by atoms with E-state index in [9.17, 15) is 14.4 Å². The highest BCUT2D eigenvalue weighted by Crippen LogP contribution is 2.30. The van der Waals surface area contributed by atoms with Crippen molar-refractivity contribution >= 4 is 40.1 Å². The zero-order valence-electron chi connectivity index (χ0n) is 16.6. The topological polar surface area (TPSA) is 98.1 Å². The maximum atomic E-state index is 12.6. The van der Waals surface area contributed by atoms with Crippen LogP contribution in [0.1, 0.15) is 23.0 Å². The Morgan fingerprint density at radius 1 is 1.20 bits per heavy atom. The lowest BCUT2D eigenvalue weighted by Crippen LogP contribution is -2.44. The molecule has 0 aliphatic carbocycles. The van der Waals surface area contributed by atoms with Crippen LogP contribution in [0.15, 0.2) is 46.9 Å². The summed E-state index contributed by atoms with van der Waals surface area (Å²) >= 11 is 0. The van der Waals surface area contributed by atoms with Gasteiger partial charge in [-0.25, -0.2) is 4.79 Å². The first-order valence-electron chi connectivity index (χ1n) is 9.50. The second-order valence-corrected chi connectivity index (χ2v) is 6.77. The lowest BCUT2D eigenvalue weighted by molar-refractivity contribution is -0.124. The van der Waals surface area contributed by atoms with E-state index < -0.39 is 18.5 Å². The quantitative estimate of drug-likeness (QED) is 0.651. The first kappa shape index (κ1) is 19.5. The number of anilines is 2. The molecule has 154 valence electrons. The number of benzene rings is 2. The average Bonchev–Trinajstić information content (AvgIpc) is 3.07. The van der Waals surface area contributed by atoms with Gasteiger partial charge in [0.15, 0.2) is 6.61 Å². The molecular weight excluding hydrogens is 388 g/mol. The van der Waals surface area contributed by atoms with Crippen LogP contribution >= 0.6 is 0 Å². The maximum Gasteiger partial charge on any atom is 0.375 e. The number of carbonyl (C=O) groups is 3. The summed E-state index contributed by atoms with van der Waals surface area (Å²) in [5.41, 5.74) is 2.22. The van der Waals surface area contributed by atoms with E-state index in [2.05, 4.69) is 5.32 Å². The summed E-state index contributed by atoms with van der Waals surface area (Å²) < 4.78 is 16.3. The van der Waals surface area contributed by atoms with Crippen molar-refractivity contribution in [2.24, 2.45) is 0 Å². The molecule has 2 heterocycles. The molecule has 8 heteroatoms. The number of nitrogens with one attached hydrogen (secondary N) is 1. The van der Waals surface area contributed by atoms with Crippen LogP contribution in [0.2, 0.25) is 0 Å². The number of ether oxygens (including phenoxy) is 2. The molecule has 1 aliphatic rings. The van der Waals surface area contributed by atoms with Gasteiger partial charge in [-0.15, -0.1) is 0 Å². The lowest BCUT2D eigenvalue weighted by Gasteiger charge is -2.28. The van der Waals surface area contributed by atoms with E-state index in [1.54, 1.807) is 49.4 Å². The number of furan rings is 1. The Labute approximate surface area is 172 Å². The Hall–Kier alpha value is -3.81. The minimum absolute atomic E-state index is 0.0308. The van der Waals surface area contributed by atoms with Crippen LogP contribution in [0.3, 0.4) is 0 Å². The van der Waals surface area contributed by atoms with E-state index in [1.165, 1.54) is 4.90 Å². The number of nitrogens with zero attached hydrogens (tertiary/aromatic N) is 1. The molecule has 30 heavy (non-hydrogen) atoms. The van der Waals surface area contributed by atoms with Crippen molar-refractivity contribution in [3.63, 3.8) is 0 Å². The van der Waals surface area contributed by atoms with Crippen molar-refractivity contribution in [3.05, 3.63) is 53.8 Å². The molecule has 2 amide bonds. The average molecular weight is 408 g/mol. The van der Waals surface area contributed by atoms with E-state index in [-0.39, 0.29) is 18.2 Å². The number of hydrogen-bond donors (Lipinski definition) is 1. The predicted molar refractivity (Wildman–Crippen MR) is 110 cm³/mol. The first-order valence-corrected chi connectivity index (χ1v) is 9.50. The van der Waals surface area contributed by atoms with Crippen molar-refractivity contribution < 1.29 is 28.3 Å². The second kappa shape index (κ2) is 7.90. The number of carbonyl (C=O) groups excluding carboxylic acids is 3. The van der Waals surface area contributed by atoms with Gasteiger partial charge >= 0.3 is 5.97 Å². The summed E-state index contributed by atoms with van der Waals surface area (Å²) in [5.74, 6) is -0.858. The minimum atomic E-state index is -0.746. The Kier molecular flexibility index (Phi) is 5.14. The fourth-order valence-corrected chi connectivity index (χ4v) is 3.38. The number of amides is 2. The Bertz CT molecular complexity index is 1150. The zero-order valence-corrected chi connectivity index (χ0v) is 16.6. The number of hydrogen-bond acceptors (Lipinski definition) is 6. The van der Waals surface area contributed by atoms with Crippen molar-refractivity contribution in [2.75, 3.05) is 30.0 Å². The van der Waals surface area contributed by atoms with E-state index >= 15 is 0 Å². The zero-order chi connectivity index (χ0) is 21.3. The summed E-state index contributed by atoms with van der Waals surface area (Å²) in [6.07, 6.45) is 0. The van der Waals surface area contributed by atoms with Crippen molar-refractivity contribution in [1.29, 1.82) is 0 Å². The van der Waals surface area contributed by atoms with Gasteiger partial charge in [-0.1, -0.05) is 12.1 Å². The van der Waals surface area contributed by atoms with Gasteiger partial charge < -0.3 is 19.2 Å². The standard InChI is InChI=1S/C22H20N2O6/c1-3-28-14-8-9-18-15(10-14)13(2)21(30-18)22(27)29-12-20(26)24-11-19(25)23-16-6-4-5-7-17(16)24/h4-10H,3,11-12H2,1-2H3,(H,23,25). The van der Waals surface area contributed by atoms with Gasteiger partial charge in [0, 0.05) is 10.9 Å². The lowest BCUT2D eigenvalue weighted by atomic mass is 10.1. The third-order valence-electron chi connectivity index (χ3n) is 4.80. The van der Waals surface area contributed by atoms with Gasteiger partial charge in [0.2, 0.25) is 11.7 Å². The summed E-state index contributed by atoms with van der Waals surface area (Å²) in [6, 6.07) is 12.2. The molecule has 0 spiro atoms. The molecule has 8 nitrogen and oxygen atoms in total. The summed E-state index contributed by atoms with van der Waals surface area (Å²) in [4.78, 5) is 38.4. The molecule has 1 N–H and O–H groups in total. The third kappa shape index (κ3) is 3.59. The molecule has 0 saturated heterocycles. The molecule has 1 aromatic heterocycles. The van der Waals surface area contributed by atoms with Crippen molar-refractivity contribution in [1.82, 2.24) is 0 Å². The molecule has 0 radical (unpaired) electrons. The molecule has 1 aliphatic heterocycles. The molecule has 4 rings (SSSR count). The SMILES string of the molecule is CCOc1ccc2oc(C(=O)OCC(=O)N3CC(=O)Nc4ccccc43)c(C)c2c1. The monoisotopic (exact) mass is 408 g/mol. The molecular formula is C22H20N2O6. The van der Waals surface area contributed by atoms with Crippen molar-refractivity contribution in [2.45, 2.75) is 13.8 Å². The normalized spacial score (nSPS) is 13.0. The first-order chi connectivity index (χ1) is 14.5. The predicted octanol–water partition coefficient (Wildman–Crippen LogP) is 3.28. The van der Waals surface area contributed by atoms with E-state index in [1.807, 2.05) is 6.92 Å². The highest BCUT2D eigenvalue weighted by atomic mass is 16.5. The Morgan fingerprint density at radius 3 is 2.80 bits per heavy atom. The molecule has 2 aromatic carbocycles. The summed E-state index contributed by atoms with van der Waals surface area (Å²) in [6.45, 7) is 3.50. The van der Waals surface area contributed by atoms with Crippen molar-refractivity contribution in [3.8, 4) is 5.75 Å². The highest BCUT2D eigenvalue weighted by Gasteiger charge is 2.28. The molecule has 0 saturated carbocycles. The molecule has 0 atom stereocenters. The largest absolute Gasteiger partial charge is 0.494 e. The van der Waals surface area contributed by atoms with Crippen LogP contribution in [0.5, 0.6) is 5.75 Å². The van der Waals surface area contributed by atoms with Gasteiger partial charge in [-0.05, 0) is 44.2 Å². The number of rotatable bonds is 5. The van der Waals surface area contributed by atoms with E-state index in [0.29, 0.717) is 34.9 Å². The van der Waals surface area contributed by atoms with Crippen LogP contribution < -0.4 is 15.0 Å². The molecule has 3 aromatic rings. The van der Waals surface area contributed by atoms with Gasteiger partial charge in [0.05, 0.1) is 18.0 Å². The fourth-order valence-electron chi connectivity index (χ4n) is 3.38. The van der Waals surface area contributed by atoms with E-state index in [4.69, 9.17) is 13.9 Å². The summed E-state index contributed by atoms with van der Waals surface area (Å²) in [5, 5.41) is 3.44. The minimum Gasteiger partial charge on any atom is -0.494 e. The van der Waals surface area contributed by atoms with Crippen LogP contribution in [0.25, 0.3) is 11.0 Å². The van der Waals surface area contributed by atoms with E-state index in [0.717, 1.165) is 5.39 Å². The van der Waals surface area contributed by atoms with Gasteiger partial charge in [-0.2, -0.15) is 0 Å². The number of esters is 1. The maximum absolute atomic E-state index is 12.6. The van der Waals surface area contributed by atoms with Gasteiger partial charge in [-0.3, -0.25) is 14.5 Å². The van der Waals surface area contributed by atoms with Gasteiger partial charge in [0.1, 0.15) is 17.9 Å². The number of fused-ring (bicyclic) bond motifs is 2. The second-order valence-electron chi connectivity index (χ2n) is 6.77. The van der Waals surface area contributed by atoms with Crippen LogP contribution in [0, 0.1) is 6.92 Å². The Balaban J connectivity index is 1.49. The van der Waals surface area contributed by atoms with Gasteiger partial charge in [0.25, 0.3) is 5.91 Å². The smallest absolute Gasteiger partial charge is 0.375 e. The molecule has 0 bridgehead atoms. The van der Waals surface area contributed by atoms with Crippen LogP contribution in [-0.4, -0.2) is 37.5 Å². The van der Waals surface area contributed by atoms with Crippen LogP contribution in [-0.2, 0) is 14.3 Å². The highest BCUT2D eigenvalue weighted by molar-refractivity contribution is 6.10.